The second kappa shape index (κ2) is 4.63. The number of aliphatic hydroxyl groups excluding tert-OH is 1. The maximum Gasteiger partial charge on any atom is 0.0631 e. The van der Waals surface area contributed by atoms with Crippen LogP contribution in [0.5, 0.6) is 0 Å². The summed E-state index contributed by atoms with van der Waals surface area (Å²) < 4.78 is 0. The highest BCUT2D eigenvalue weighted by Gasteiger charge is 2.40. The highest BCUT2D eigenvalue weighted by molar-refractivity contribution is 4.91. The molecule has 1 saturated carbocycles. The summed E-state index contributed by atoms with van der Waals surface area (Å²) in [6, 6.07) is 0. The molecular weight excluding hydrogens is 174 g/mol. The minimum atomic E-state index is -0.109. The first-order chi connectivity index (χ1) is 6.47. The normalized spacial score (nSPS) is 31.3. The molecular formula is C12H25NO. The average Bonchev–Trinajstić information content (AvgIpc) is 2.33. The molecule has 0 amide bonds. The number of nitrogens with zero attached hydrogens (tertiary/aromatic N) is 1. The Bertz CT molecular complexity index is 179. The van der Waals surface area contributed by atoms with Gasteiger partial charge >= 0.3 is 0 Å². The fourth-order valence-corrected chi connectivity index (χ4v) is 2.57. The van der Waals surface area contributed by atoms with E-state index < -0.39 is 0 Å². The Balaban J connectivity index is 2.40. The van der Waals surface area contributed by atoms with Crippen molar-refractivity contribution in [2.24, 2.45) is 11.3 Å². The molecule has 0 spiro atoms. The second-order valence-electron chi connectivity index (χ2n) is 5.49. The SMILES string of the molecule is CCCN(C)CC1CCC(C)(C)C1O. The van der Waals surface area contributed by atoms with Crippen molar-refractivity contribution in [3.63, 3.8) is 0 Å². The molecule has 1 aliphatic rings. The lowest BCUT2D eigenvalue weighted by Gasteiger charge is -2.28. The van der Waals surface area contributed by atoms with Crippen molar-refractivity contribution in [3.05, 3.63) is 0 Å². The lowest BCUT2D eigenvalue weighted by Crippen LogP contribution is -2.35. The van der Waals surface area contributed by atoms with Crippen LogP contribution in [0.1, 0.15) is 40.0 Å². The van der Waals surface area contributed by atoms with Crippen molar-refractivity contribution in [2.75, 3.05) is 20.1 Å². The molecule has 0 bridgehead atoms. The highest BCUT2D eigenvalue weighted by atomic mass is 16.3. The van der Waals surface area contributed by atoms with E-state index >= 15 is 0 Å². The molecule has 0 aliphatic heterocycles. The third-order valence-electron chi connectivity index (χ3n) is 3.56. The molecule has 0 aromatic heterocycles. The monoisotopic (exact) mass is 199 g/mol. The summed E-state index contributed by atoms with van der Waals surface area (Å²) in [6.45, 7) is 8.75. The van der Waals surface area contributed by atoms with Gasteiger partial charge in [-0.2, -0.15) is 0 Å². The summed E-state index contributed by atoms with van der Waals surface area (Å²) in [5.74, 6) is 0.488. The van der Waals surface area contributed by atoms with Gasteiger partial charge in [-0.05, 0) is 44.2 Å². The van der Waals surface area contributed by atoms with Crippen LogP contribution in [0.15, 0.2) is 0 Å². The minimum Gasteiger partial charge on any atom is -0.392 e. The van der Waals surface area contributed by atoms with Gasteiger partial charge in [-0.1, -0.05) is 20.8 Å². The quantitative estimate of drug-likeness (QED) is 0.749. The first-order valence-electron chi connectivity index (χ1n) is 5.84. The van der Waals surface area contributed by atoms with Crippen molar-refractivity contribution in [3.8, 4) is 0 Å². The summed E-state index contributed by atoms with van der Waals surface area (Å²) >= 11 is 0. The third kappa shape index (κ3) is 2.71. The van der Waals surface area contributed by atoms with Gasteiger partial charge in [0.25, 0.3) is 0 Å². The highest BCUT2D eigenvalue weighted by Crippen LogP contribution is 2.41. The summed E-state index contributed by atoms with van der Waals surface area (Å²) in [7, 11) is 2.15. The van der Waals surface area contributed by atoms with E-state index in [0.717, 1.165) is 13.1 Å². The van der Waals surface area contributed by atoms with Gasteiger partial charge in [-0.3, -0.25) is 0 Å². The van der Waals surface area contributed by atoms with E-state index in [-0.39, 0.29) is 11.5 Å². The van der Waals surface area contributed by atoms with Crippen LogP contribution in [0.3, 0.4) is 0 Å². The number of aliphatic hydroxyl groups is 1. The van der Waals surface area contributed by atoms with Gasteiger partial charge < -0.3 is 10.0 Å². The Morgan fingerprint density at radius 2 is 2.07 bits per heavy atom. The van der Waals surface area contributed by atoms with Gasteiger partial charge in [-0.25, -0.2) is 0 Å². The molecule has 84 valence electrons. The van der Waals surface area contributed by atoms with Gasteiger partial charge in [0.2, 0.25) is 0 Å². The van der Waals surface area contributed by atoms with Crippen LogP contribution in [-0.2, 0) is 0 Å². The van der Waals surface area contributed by atoms with Crippen molar-refractivity contribution < 1.29 is 5.11 Å². The zero-order valence-corrected chi connectivity index (χ0v) is 10.1. The standard InChI is InChI=1S/C12H25NO/c1-5-8-13(4)9-10-6-7-12(2,3)11(10)14/h10-11,14H,5-9H2,1-4H3. The average molecular weight is 199 g/mol. The van der Waals surface area contributed by atoms with Crippen LogP contribution in [0, 0.1) is 11.3 Å². The molecule has 0 saturated heterocycles. The number of hydrogen-bond donors (Lipinski definition) is 1. The molecule has 0 heterocycles. The molecule has 1 fully saturated rings. The fraction of sp³-hybridized carbons (Fsp3) is 1.00. The molecule has 1 aliphatic carbocycles. The van der Waals surface area contributed by atoms with Gasteiger partial charge in [0, 0.05) is 6.54 Å². The summed E-state index contributed by atoms with van der Waals surface area (Å²) in [4.78, 5) is 2.34. The molecule has 1 rings (SSSR count). The molecule has 0 radical (unpaired) electrons. The Morgan fingerprint density at radius 1 is 1.43 bits per heavy atom. The molecule has 2 nitrogen and oxygen atoms in total. The number of hydrogen-bond acceptors (Lipinski definition) is 2. The lowest BCUT2D eigenvalue weighted by molar-refractivity contribution is 0.0356. The zero-order chi connectivity index (χ0) is 10.8. The van der Waals surface area contributed by atoms with E-state index in [1.165, 1.54) is 19.3 Å². The number of rotatable bonds is 4. The summed E-state index contributed by atoms with van der Waals surface area (Å²) in [5, 5.41) is 10.1. The predicted octanol–water partition coefficient (Wildman–Crippen LogP) is 2.13. The first kappa shape index (κ1) is 12.0. The van der Waals surface area contributed by atoms with Crippen LogP contribution >= 0.6 is 0 Å². The molecule has 2 unspecified atom stereocenters. The van der Waals surface area contributed by atoms with Crippen LogP contribution in [0.4, 0.5) is 0 Å². The van der Waals surface area contributed by atoms with Crippen molar-refractivity contribution in [1.82, 2.24) is 4.90 Å². The third-order valence-corrected chi connectivity index (χ3v) is 3.56. The minimum absolute atomic E-state index is 0.109. The van der Waals surface area contributed by atoms with E-state index in [1.54, 1.807) is 0 Å². The Hall–Kier alpha value is -0.0800. The Morgan fingerprint density at radius 3 is 2.50 bits per heavy atom. The second-order valence-corrected chi connectivity index (χ2v) is 5.49. The Labute approximate surface area is 88.3 Å². The molecule has 0 aromatic carbocycles. The van der Waals surface area contributed by atoms with Gasteiger partial charge in [0.1, 0.15) is 0 Å². The smallest absolute Gasteiger partial charge is 0.0631 e. The topological polar surface area (TPSA) is 23.5 Å². The zero-order valence-electron chi connectivity index (χ0n) is 10.1. The van der Waals surface area contributed by atoms with E-state index in [1.807, 2.05) is 0 Å². The van der Waals surface area contributed by atoms with E-state index in [4.69, 9.17) is 0 Å². The molecule has 2 heteroatoms. The molecule has 2 atom stereocenters. The molecule has 0 aromatic rings. The van der Waals surface area contributed by atoms with Gasteiger partial charge in [-0.15, -0.1) is 0 Å². The lowest BCUT2D eigenvalue weighted by atomic mass is 9.87. The van der Waals surface area contributed by atoms with E-state index in [0.29, 0.717) is 5.92 Å². The maximum absolute atomic E-state index is 10.1. The van der Waals surface area contributed by atoms with Crippen molar-refractivity contribution in [2.45, 2.75) is 46.1 Å². The van der Waals surface area contributed by atoms with Crippen LogP contribution in [0.25, 0.3) is 0 Å². The van der Waals surface area contributed by atoms with Crippen molar-refractivity contribution >= 4 is 0 Å². The largest absolute Gasteiger partial charge is 0.392 e. The fourth-order valence-electron chi connectivity index (χ4n) is 2.57. The predicted molar refractivity (Wildman–Crippen MR) is 60.3 cm³/mol. The van der Waals surface area contributed by atoms with E-state index in [2.05, 4.69) is 32.7 Å². The summed E-state index contributed by atoms with van der Waals surface area (Å²) in [6.07, 6.45) is 3.44. The first-order valence-corrected chi connectivity index (χ1v) is 5.84. The van der Waals surface area contributed by atoms with E-state index in [9.17, 15) is 5.11 Å². The van der Waals surface area contributed by atoms with Crippen molar-refractivity contribution in [1.29, 1.82) is 0 Å². The summed E-state index contributed by atoms with van der Waals surface area (Å²) in [5.41, 5.74) is 0.137. The van der Waals surface area contributed by atoms with Gasteiger partial charge in [0.15, 0.2) is 0 Å². The van der Waals surface area contributed by atoms with Gasteiger partial charge in [0.05, 0.1) is 6.10 Å². The molecule has 14 heavy (non-hydrogen) atoms. The maximum atomic E-state index is 10.1. The van der Waals surface area contributed by atoms with Crippen LogP contribution < -0.4 is 0 Å². The van der Waals surface area contributed by atoms with Crippen LogP contribution in [-0.4, -0.2) is 36.2 Å². The Kier molecular flexibility index (Phi) is 3.96. The molecule has 1 N–H and O–H groups in total. The van der Waals surface area contributed by atoms with Crippen LogP contribution in [0.2, 0.25) is 0 Å².